The third kappa shape index (κ3) is 3.42. The fourth-order valence-corrected chi connectivity index (χ4v) is 2.84. The Hall–Kier alpha value is -1.67. The van der Waals surface area contributed by atoms with Gasteiger partial charge in [-0.25, -0.2) is 18.1 Å². The zero-order chi connectivity index (χ0) is 13.9. The Bertz CT molecular complexity index is 556. The van der Waals surface area contributed by atoms with Crippen molar-refractivity contribution in [3.8, 4) is 0 Å². The van der Waals surface area contributed by atoms with Gasteiger partial charge in [0.25, 0.3) is 0 Å². The van der Waals surface area contributed by atoms with Crippen molar-refractivity contribution in [2.24, 2.45) is 0 Å². The normalized spacial score (nSPS) is 19.2. The first-order valence-corrected chi connectivity index (χ1v) is 7.42. The van der Waals surface area contributed by atoms with E-state index in [1.165, 1.54) is 12.3 Å². The maximum atomic E-state index is 12.0. The molecule has 19 heavy (non-hydrogen) atoms. The van der Waals surface area contributed by atoms with E-state index >= 15 is 0 Å². The predicted molar refractivity (Wildman–Crippen MR) is 70.1 cm³/mol. The number of hydrogen-bond acceptors (Lipinski definition) is 5. The molecule has 2 heterocycles. The van der Waals surface area contributed by atoms with Crippen molar-refractivity contribution in [2.75, 3.05) is 18.9 Å². The summed E-state index contributed by atoms with van der Waals surface area (Å²) in [5, 5.41) is 5.52. The van der Waals surface area contributed by atoms with E-state index < -0.39 is 10.0 Å². The molecule has 8 heteroatoms. The van der Waals surface area contributed by atoms with Crippen LogP contribution in [0.1, 0.15) is 12.8 Å². The fourth-order valence-electron chi connectivity index (χ4n) is 1.81. The van der Waals surface area contributed by atoms with E-state index in [9.17, 15) is 13.2 Å². The smallest absolute Gasteiger partial charge is 0.242 e. The molecule has 0 bridgehead atoms. The van der Waals surface area contributed by atoms with E-state index in [0.717, 1.165) is 0 Å². The van der Waals surface area contributed by atoms with Crippen molar-refractivity contribution < 1.29 is 13.2 Å². The van der Waals surface area contributed by atoms with E-state index in [2.05, 4.69) is 20.3 Å². The van der Waals surface area contributed by atoms with Crippen molar-refractivity contribution in [2.45, 2.75) is 23.8 Å². The Labute approximate surface area is 111 Å². The summed E-state index contributed by atoms with van der Waals surface area (Å²) in [5.74, 6) is 0.561. The van der Waals surface area contributed by atoms with Gasteiger partial charge < -0.3 is 10.6 Å². The highest BCUT2D eigenvalue weighted by Gasteiger charge is 2.23. The van der Waals surface area contributed by atoms with Crippen LogP contribution in [0.2, 0.25) is 0 Å². The molecule has 1 aromatic rings. The fraction of sp³-hybridized carbons (Fsp3) is 0.455. The van der Waals surface area contributed by atoms with Crippen LogP contribution < -0.4 is 15.4 Å². The highest BCUT2D eigenvalue weighted by Crippen LogP contribution is 2.11. The summed E-state index contributed by atoms with van der Waals surface area (Å²) in [5.41, 5.74) is 0. The Morgan fingerprint density at radius 3 is 2.79 bits per heavy atom. The zero-order valence-corrected chi connectivity index (χ0v) is 11.3. The van der Waals surface area contributed by atoms with Gasteiger partial charge in [0.1, 0.15) is 10.7 Å². The number of carbonyl (C=O) groups excluding carboxylic acids is 1. The van der Waals surface area contributed by atoms with Gasteiger partial charge in [-0.3, -0.25) is 4.79 Å². The molecule has 2 rings (SSSR count). The molecule has 1 amide bonds. The maximum absolute atomic E-state index is 12.0. The molecule has 0 aliphatic carbocycles. The second-order valence-electron chi connectivity index (χ2n) is 4.28. The lowest BCUT2D eigenvalue weighted by Crippen LogP contribution is -2.38. The van der Waals surface area contributed by atoms with Gasteiger partial charge in [0, 0.05) is 32.3 Å². The van der Waals surface area contributed by atoms with Crippen LogP contribution in [0.3, 0.4) is 0 Å². The largest absolute Gasteiger partial charge is 0.373 e. The average Bonchev–Trinajstić information content (AvgIpc) is 2.82. The SMILES string of the molecule is CNc1ccc(S(=O)(=O)NCC2CCC(=O)N2)cn1. The summed E-state index contributed by atoms with van der Waals surface area (Å²) in [6, 6.07) is 2.94. The summed E-state index contributed by atoms with van der Waals surface area (Å²) in [6.07, 6.45) is 2.39. The predicted octanol–water partition coefficient (Wildman–Crippen LogP) is -0.320. The highest BCUT2D eigenvalue weighted by atomic mass is 32.2. The molecule has 1 fully saturated rings. The highest BCUT2D eigenvalue weighted by molar-refractivity contribution is 7.89. The molecule has 3 N–H and O–H groups in total. The minimum absolute atomic E-state index is 0.0377. The molecule has 1 aliphatic rings. The van der Waals surface area contributed by atoms with Crippen molar-refractivity contribution in [3.63, 3.8) is 0 Å². The van der Waals surface area contributed by atoms with E-state index in [1.807, 2.05) is 0 Å². The van der Waals surface area contributed by atoms with Crippen LogP contribution in [0, 0.1) is 0 Å². The molecular formula is C11H16N4O3S. The number of amides is 1. The first-order chi connectivity index (χ1) is 9.01. The molecule has 1 aliphatic heterocycles. The number of sulfonamides is 1. The van der Waals surface area contributed by atoms with Crippen molar-refractivity contribution in [3.05, 3.63) is 18.3 Å². The number of nitrogens with zero attached hydrogens (tertiary/aromatic N) is 1. The molecule has 0 aromatic carbocycles. The topological polar surface area (TPSA) is 100 Å². The molecule has 0 radical (unpaired) electrons. The Kier molecular flexibility index (Phi) is 4.01. The molecule has 0 spiro atoms. The van der Waals surface area contributed by atoms with Gasteiger partial charge in [-0.2, -0.15) is 0 Å². The van der Waals surface area contributed by atoms with Gasteiger partial charge in [0.05, 0.1) is 0 Å². The van der Waals surface area contributed by atoms with E-state index in [0.29, 0.717) is 18.7 Å². The van der Waals surface area contributed by atoms with Crippen LogP contribution in [-0.4, -0.2) is 38.9 Å². The van der Waals surface area contributed by atoms with Gasteiger partial charge >= 0.3 is 0 Å². The number of pyridine rings is 1. The number of nitrogens with one attached hydrogen (secondary N) is 3. The lowest BCUT2D eigenvalue weighted by molar-refractivity contribution is -0.119. The monoisotopic (exact) mass is 284 g/mol. The van der Waals surface area contributed by atoms with Crippen LogP contribution >= 0.6 is 0 Å². The molecule has 1 saturated heterocycles. The second-order valence-corrected chi connectivity index (χ2v) is 6.05. The number of rotatable bonds is 5. The van der Waals surface area contributed by atoms with Crippen molar-refractivity contribution in [1.29, 1.82) is 0 Å². The first-order valence-electron chi connectivity index (χ1n) is 5.94. The molecule has 1 unspecified atom stereocenters. The molecule has 1 aromatic heterocycles. The Morgan fingerprint density at radius 1 is 1.47 bits per heavy atom. The third-order valence-corrected chi connectivity index (χ3v) is 4.32. The minimum atomic E-state index is -3.58. The standard InChI is InChI=1S/C11H16N4O3S/c1-12-10-4-3-9(7-13-10)19(17,18)14-6-8-2-5-11(16)15-8/h3-4,7-8,14H,2,5-6H2,1H3,(H,12,13)(H,15,16). The van der Waals surface area contributed by atoms with Crippen LogP contribution in [-0.2, 0) is 14.8 Å². The Morgan fingerprint density at radius 2 is 2.26 bits per heavy atom. The van der Waals surface area contributed by atoms with E-state index in [4.69, 9.17) is 0 Å². The van der Waals surface area contributed by atoms with Crippen molar-refractivity contribution >= 4 is 21.7 Å². The van der Waals surface area contributed by atoms with E-state index in [1.54, 1.807) is 13.1 Å². The lowest BCUT2D eigenvalue weighted by Gasteiger charge is -2.11. The number of hydrogen-bond donors (Lipinski definition) is 3. The molecule has 0 saturated carbocycles. The first kappa shape index (κ1) is 13.8. The summed E-state index contributed by atoms with van der Waals surface area (Å²) in [6.45, 7) is 0.196. The second kappa shape index (κ2) is 5.54. The number of carbonyl (C=O) groups is 1. The Balaban J connectivity index is 1.99. The van der Waals surface area contributed by atoms with Gasteiger partial charge in [-0.05, 0) is 18.6 Å². The van der Waals surface area contributed by atoms with E-state index in [-0.39, 0.29) is 23.4 Å². The van der Waals surface area contributed by atoms with Crippen LogP contribution in [0.4, 0.5) is 5.82 Å². The lowest BCUT2D eigenvalue weighted by atomic mass is 10.2. The third-order valence-electron chi connectivity index (χ3n) is 2.91. The number of anilines is 1. The summed E-state index contributed by atoms with van der Waals surface area (Å²) >= 11 is 0. The molecule has 1 atom stereocenters. The molecule has 104 valence electrons. The van der Waals surface area contributed by atoms with Crippen LogP contribution in [0.25, 0.3) is 0 Å². The molecule has 7 nitrogen and oxygen atoms in total. The minimum Gasteiger partial charge on any atom is -0.373 e. The summed E-state index contributed by atoms with van der Waals surface area (Å²) in [4.78, 5) is 15.1. The van der Waals surface area contributed by atoms with Gasteiger partial charge in [0.2, 0.25) is 15.9 Å². The average molecular weight is 284 g/mol. The number of aromatic nitrogens is 1. The van der Waals surface area contributed by atoms with Crippen LogP contribution in [0.5, 0.6) is 0 Å². The van der Waals surface area contributed by atoms with Gasteiger partial charge in [0.15, 0.2) is 0 Å². The van der Waals surface area contributed by atoms with Crippen LogP contribution in [0.15, 0.2) is 23.2 Å². The summed E-state index contributed by atoms with van der Waals surface area (Å²) in [7, 11) is -1.88. The quantitative estimate of drug-likeness (QED) is 0.688. The molecular weight excluding hydrogens is 268 g/mol. The maximum Gasteiger partial charge on any atom is 0.242 e. The van der Waals surface area contributed by atoms with Gasteiger partial charge in [-0.1, -0.05) is 0 Å². The van der Waals surface area contributed by atoms with Crippen molar-refractivity contribution in [1.82, 2.24) is 15.0 Å². The van der Waals surface area contributed by atoms with Gasteiger partial charge in [-0.15, -0.1) is 0 Å². The summed E-state index contributed by atoms with van der Waals surface area (Å²) < 4.78 is 26.4. The zero-order valence-electron chi connectivity index (χ0n) is 10.5.